The number of nitrogens with zero attached hydrogens (tertiary/aromatic N) is 13. The second kappa shape index (κ2) is 34.1. The van der Waals surface area contributed by atoms with E-state index >= 15 is 0 Å². The number of carbonyl (C=O) groups excluding carboxylic acids is 1. The Bertz CT molecular complexity index is 8280. The SMILES string of the molecule is CC(C)(C)C(=O)Nc1cncc(-c2ccc3[nH]nc(-c4nc5c(-c6ccoc6)cccc5[nH]4)c3c2)c1.CCNCc1cncc(-c2ccc3[nH]nc(-c4nc5c(-c6ccoc6)cccc5[nH]4)c3c2)c1.CN(C)c1cncc(-c2ccc3[nH]nc(-c4nc5c(-c6ccoc6)cccc5[nH]4)c3c2)c1.Cc1ccncc1-c1ccc2[nH]nc(-c3nc4c(-c5ccoc5)cccc4[nH]3)c2c1. The van der Waals surface area contributed by atoms with Crippen LogP contribution in [0.15, 0.2) is 311 Å². The number of amides is 1. The van der Waals surface area contributed by atoms with Crippen molar-refractivity contribution in [3.05, 3.63) is 305 Å². The first kappa shape index (κ1) is 80.6. The molecule has 0 atom stereocenters. The number of carbonyl (C=O) groups is 1. The van der Waals surface area contributed by atoms with Crippen molar-refractivity contribution < 1.29 is 22.5 Å². The Labute approximate surface area is 746 Å². The summed E-state index contributed by atoms with van der Waals surface area (Å²) in [5.74, 6) is 2.79. The molecule has 0 aliphatic rings. The lowest BCUT2D eigenvalue weighted by Crippen LogP contribution is -2.27. The Hall–Kier alpha value is -17.5. The first-order chi connectivity index (χ1) is 64.1. The van der Waals surface area contributed by atoms with Crippen LogP contribution in [0.25, 0.3) is 223 Å². The van der Waals surface area contributed by atoms with Gasteiger partial charge < -0.3 is 53.1 Å². The number of aromatic amines is 8. The molecule has 0 aliphatic carbocycles. The number of aromatic nitrogens is 20. The van der Waals surface area contributed by atoms with E-state index < -0.39 is 5.41 Å². The van der Waals surface area contributed by atoms with E-state index in [-0.39, 0.29) is 5.91 Å². The van der Waals surface area contributed by atoms with Gasteiger partial charge in [0.25, 0.3) is 0 Å². The summed E-state index contributed by atoms with van der Waals surface area (Å²) >= 11 is 0. The molecule has 24 aromatic rings. The van der Waals surface area contributed by atoms with E-state index in [0.717, 1.165) is 241 Å². The third-order valence-corrected chi connectivity index (χ3v) is 23.2. The van der Waals surface area contributed by atoms with Crippen LogP contribution >= 0.6 is 0 Å². The molecule has 131 heavy (non-hydrogen) atoms. The predicted octanol–water partition coefficient (Wildman–Crippen LogP) is 23.2. The number of anilines is 2. The number of rotatable bonds is 17. The van der Waals surface area contributed by atoms with E-state index in [4.69, 9.17) is 37.6 Å². The molecule has 10 N–H and O–H groups in total. The fourth-order valence-corrected chi connectivity index (χ4v) is 16.3. The van der Waals surface area contributed by atoms with Gasteiger partial charge in [-0.2, -0.15) is 20.4 Å². The standard InChI is InChI=1S/C28H24N6O2.C26H22N6O.C25H20N6O.C24H17N5O/c1-28(2,3)27(35)30-19-11-18(13-29-14-19)16-7-8-22-21(12-16)25(34-33-22)26-31-23-6-4-5-20(24(23)32-26)17-9-10-36-15-17;1-2-27-12-16-10-19(14-28-13-16)17-6-7-22-21(11-17)25(32-31-22)26-29-23-5-3-4-20(24(23)30-26)18-8-9-33-15-18;1-31(2)18-10-17(12-26-13-18)15-6-7-21-20(11-15)24(30-29-21)25-27-22-5-3-4-19(23(22)28-25)16-8-9-32-14-16;1-14-7-9-25-12-19(14)15-5-6-20-18(11-15)23(29-28-20)24-26-21-4-2-3-17(22(21)27-24)16-8-10-30-13-16/h4-15H,1-3H3,(H,30,35)(H,31,32)(H,33,34);3-11,13-15,27H,2,12H2,1H3,(H,29,30)(H,31,32);3-14H,1-2H3,(H,27,28)(H,29,30);2-13H,1H3,(H,26,27)(H,28,29). The van der Waals surface area contributed by atoms with E-state index in [9.17, 15) is 4.79 Å². The highest BCUT2D eigenvalue weighted by Gasteiger charge is 2.25. The molecule has 0 bridgehead atoms. The Balaban J connectivity index is 0.000000106. The lowest BCUT2D eigenvalue weighted by atomic mass is 9.95. The van der Waals surface area contributed by atoms with Gasteiger partial charge in [0.05, 0.1) is 140 Å². The molecule has 0 saturated carbocycles. The summed E-state index contributed by atoms with van der Waals surface area (Å²) in [6.45, 7) is 11.6. The van der Waals surface area contributed by atoms with Crippen molar-refractivity contribution in [2.45, 2.75) is 41.2 Å². The van der Waals surface area contributed by atoms with Crippen LogP contribution in [-0.2, 0) is 11.3 Å². The summed E-state index contributed by atoms with van der Waals surface area (Å²) in [7, 11) is 4.02. The minimum atomic E-state index is -0.495. The van der Waals surface area contributed by atoms with E-state index in [0.29, 0.717) is 11.5 Å². The average molecular weight is 1720 g/mol. The number of hydrogen-bond donors (Lipinski definition) is 10. The van der Waals surface area contributed by atoms with Gasteiger partial charge in [0.2, 0.25) is 5.91 Å². The van der Waals surface area contributed by atoms with Gasteiger partial charge in [0.1, 0.15) is 22.8 Å². The van der Waals surface area contributed by atoms with Crippen molar-refractivity contribution in [2.75, 3.05) is 30.9 Å². The number of hydrogen-bond acceptors (Lipinski definition) is 19. The summed E-state index contributed by atoms with van der Waals surface area (Å²) in [6, 6.07) is 65.1. The highest BCUT2D eigenvalue weighted by atomic mass is 16.3. The summed E-state index contributed by atoms with van der Waals surface area (Å²) in [4.78, 5) is 65.2. The lowest BCUT2D eigenvalue weighted by molar-refractivity contribution is -0.123. The van der Waals surface area contributed by atoms with E-state index in [1.165, 1.54) is 5.56 Å². The molecule has 8 aromatic carbocycles. The van der Waals surface area contributed by atoms with Crippen molar-refractivity contribution in [2.24, 2.45) is 5.41 Å². The fraction of sp³-hybridized carbons (Fsp3) is 0.0971. The van der Waals surface area contributed by atoms with Crippen LogP contribution in [0.1, 0.15) is 38.8 Å². The molecule has 16 aromatic heterocycles. The maximum atomic E-state index is 12.4. The second-order valence-corrected chi connectivity index (χ2v) is 33.1. The normalized spacial score (nSPS) is 11.6. The number of imidazole rings is 4. The third kappa shape index (κ3) is 15.9. The molecule has 28 nitrogen and oxygen atoms in total. The van der Waals surface area contributed by atoms with Crippen LogP contribution in [0.5, 0.6) is 0 Å². The summed E-state index contributed by atoms with van der Waals surface area (Å²) in [6.07, 6.45) is 28.3. The van der Waals surface area contributed by atoms with Gasteiger partial charge in [0, 0.05) is 152 Å². The number of pyridine rings is 4. The highest BCUT2D eigenvalue weighted by molar-refractivity contribution is 6.04. The summed E-state index contributed by atoms with van der Waals surface area (Å²) < 4.78 is 21.1. The molecular weight excluding hydrogens is 1640 g/mol. The number of benzene rings is 8. The number of H-pyrrole nitrogens is 8. The van der Waals surface area contributed by atoms with Gasteiger partial charge in [-0.3, -0.25) is 45.1 Å². The van der Waals surface area contributed by atoms with Crippen LogP contribution in [0.4, 0.5) is 11.4 Å². The number of nitrogens with one attached hydrogen (secondary N) is 10. The number of aryl methyl sites for hydroxylation is 1. The minimum absolute atomic E-state index is 0.0614. The minimum Gasteiger partial charge on any atom is -0.472 e. The maximum absolute atomic E-state index is 12.4. The van der Waals surface area contributed by atoms with Crippen molar-refractivity contribution in [3.63, 3.8) is 0 Å². The molecule has 24 rings (SSSR count). The van der Waals surface area contributed by atoms with Crippen LogP contribution in [0, 0.1) is 12.3 Å². The number of fused-ring (bicyclic) bond motifs is 8. The Morgan fingerprint density at radius 1 is 0.366 bits per heavy atom. The predicted molar refractivity (Wildman–Crippen MR) is 513 cm³/mol. The number of furan rings is 4. The van der Waals surface area contributed by atoms with Crippen LogP contribution in [-0.4, -0.2) is 127 Å². The summed E-state index contributed by atoms with van der Waals surface area (Å²) in [5.41, 5.74) is 34.1. The molecular formula is C103H83N23O5. The molecule has 1 amide bonds. The van der Waals surface area contributed by atoms with E-state index in [1.807, 2.05) is 210 Å². The van der Waals surface area contributed by atoms with Gasteiger partial charge in [-0.05, 0) is 168 Å². The Morgan fingerprint density at radius 2 is 0.740 bits per heavy atom. The first-order valence-corrected chi connectivity index (χ1v) is 42.6. The van der Waals surface area contributed by atoms with Crippen molar-refractivity contribution in [1.29, 1.82) is 0 Å². The van der Waals surface area contributed by atoms with Crippen LogP contribution in [0.3, 0.4) is 0 Å². The highest BCUT2D eigenvalue weighted by Crippen LogP contribution is 2.41. The monoisotopic (exact) mass is 1720 g/mol. The van der Waals surface area contributed by atoms with Gasteiger partial charge in [0.15, 0.2) is 23.3 Å². The van der Waals surface area contributed by atoms with Crippen LogP contribution < -0.4 is 15.5 Å². The van der Waals surface area contributed by atoms with Crippen molar-refractivity contribution in [3.8, 4) is 135 Å². The smallest absolute Gasteiger partial charge is 0.229 e. The summed E-state index contributed by atoms with van der Waals surface area (Å²) in [5, 5.41) is 41.0. The fourth-order valence-electron chi connectivity index (χ4n) is 16.3. The molecule has 16 heterocycles. The molecule has 0 unspecified atom stereocenters. The maximum Gasteiger partial charge on any atom is 0.229 e. The molecule has 640 valence electrons. The van der Waals surface area contributed by atoms with Crippen LogP contribution in [0.2, 0.25) is 0 Å². The van der Waals surface area contributed by atoms with Crippen molar-refractivity contribution >= 4 is 105 Å². The van der Waals surface area contributed by atoms with E-state index in [1.54, 1.807) is 62.5 Å². The topological polar surface area (TPSA) is 378 Å². The van der Waals surface area contributed by atoms with Gasteiger partial charge >= 0.3 is 0 Å². The second-order valence-electron chi connectivity index (χ2n) is 33.1. The van der Waals surface area contributed by atoms with Crippen molar-refractivity contribution in [1.82, 2.24) is 106 Å². The Kier molecular flexibility index (Phi) is 21.0. The molecule has 28 heteroatoms. The Morgan fingerprint density at radius 3 is 1.11 bits per heavy atom. The number of para-hydroxylation sites is 4. The first-order valence-electron chi connectivity index (χ1n) is 42.6. The molecule has 0 fully saturated rings. The molecule has 0 aliphatic heterocycles. The largest absolute Gasteiger partial charge is 0.472 e. The third-order valence-electron chi connectivity index (χ3n) is 23.2. The molecule has 0 saturated heterocycles. The van der Waals surface area contributed by atoms with Gasteiger partial charge in [-0.25, -0.2) is 19.9 Å². The zero-order valence-corrected chi connectivity index (χ0v) is 72.0. The molecule has 0 radical (unpaired) electrons. The van der Waals surface area contributed by atoms with Gasteiger partial charge in [-0.1, -0.05) is 100 Å². The zero-order valence-electron chi connectivity index (χ0n) is 72.0. The average Bonchev–Trinajstić information content (AvgIpc) is 1.63. The zero-order chi connectivity index (χ0) is 88.8. The lowest BCUT2D eigenvalue weighted by Gasteiger charge is -2.17. The molecule has 0 spiro atoms. The quantitative estimate of drug-likeness (QED) is 0.0405. The van der Waals surface area contributed by atoms with E-state index in [2.05, 4.69) is 166 Å². The van der Waals surface area contributed by atoms with Gasteiger partial charge in [-0.15, -0.1) is 0 Å².